The molecule has 1 fully saturated rings. The van der Waals surface area contributed by atoms with Gasteiger partial charge in [0, 0.05) is 39.8 Å². The Morgan fingerprint density at radius 3 is 1.98 bits per heavy atom. The van der Waals surface area contributed by atoms with E-state index in [2.05, 4.69) is 5.32 Å². The summed E-state index contributed by atoms with van der Waals surface area (Å²) in [5.74, 6) is -3.09. The third-order valence-corrected chi connectivity index (χ3v) is 5.91. The van der Waals surface area contributed by atoms with E-state index in [-0.39, 0.29) is 23.0 Å². The summed E-state index contributed by atoms with van der Waals surface area (Å²) in [5.41, 5.74) is 1.19. The van der Waals surface area contributed by atoms with Crippen LogP contribution in [0.5, 0.6) is 11.5 Å². The molecule has 5 atom stereocenters. The predicted octanol–water partition coefficient (Wildman–Crippen LogP) is 2.09. The van der Waals surface area contributed by atoms with E-state index in [9.17, 15) is 24.0 Å². The molecular weight excluding hydrogens is 554 g/mol. The summed E-state index contributed by atoms with van der Waals surface area (Å²) in [6.45, 7) is 4.44. The van der Waals surface area contributed by atoms with Gasteiger partial charge in [0.1, 0.15) is 12.7 Å². The molecule has 1 saturated heterocycles. The number of ether oxygens (including phenoxy) is 7. The highest BCUT2D eigenvalue weighted by Gasteiger charge is 2.53. The molecule has 0 spiro atoms. The van der Waals surface area contributed by atoms with Crippen LogP contribution < -0.4 is 14.8 Å². The van der Waals surface area contributed by atoms with Gasteiger partial charge in [-0.2, -0.15) is 0 Å². The minimum absolute atomic E-state index is 0.0815. The molecule has 226 valence electrons. The fourth-order valence-electron chi connectivity index (χ4n) is 4.20. The Bertz CT molecular complexity index is 1280. The van der Waals surface area contributed by atoms with Gasteiger partial charge in [-0.25, -0.2) is 0 Å². The van der Waals surface area contributed by atoms with E-state index in [0.29, 0.717) is 6.54 Å². The first-order chi connectivity index (χ1) is 20.0. The standard InChI is InChI=1S/C29H33NO12/c1-16(31)37-15-24-25(38-17(2)32)26(39-18(3)33)27(40-19(4)34)29(42-24)41-22-12-11-21(13-23(22)36-5)28(35)30-14-20-9-7-6-8-10-20/h6-13,24-27,29H,14-15H2,1-5H3,(H,30,35)/t24-,25+,26-,27-,29+/m0/s1. The van der Waals surface area contributed by atoms with Crippen LogP contribution in [0.3, 0.4) is 0 Å². The Morgan fingerprint density at radius 2 is 1.38 bits per heavy atom. The van der Waals surface area contributed by atoms with Gasteiger partial charge in [-0.05, 0) is 23.8 Å². The molecule has 0 unspecified atom stereocenters. The van der Waals surface area contributed by atoms with E-state index in [1.54, 1.807) is 0 Å². The van der Waals surface area contributed by atoms with Crippen molar-refractivity contribution in [2.75, 3.05) is 13.7 Å². The predicted molar refractivity (Wildman–Crippen MR) is 143 cm³/mol. The van der Waals surface area contributed by atoms with Crippen LogP contribution in [-0.2, 0) is 49.4 Å². The fourth-order valence-corrected chi connectivity index (χ4v) is 4.20. The highest BCUT2D eigenvalue weighted by atomic mass is 16.7. The number of carbonyl (C=O) groups excluding carboxylic acids is 5. The minimum Gasteiger partial charge on any atom is -0.493 e. The fraction of sp³-hybridized carbons (Fsp3) is 0.414. The van der Waals surface area contributed by atoms with Crippen molar-refractivity contribution in [2.24, 2.45) is 0 Å². The van der Waals surface area contributed by atoms with Gasteiger partial charge in [0.2, 0.25) is 12.4 Å². The normalized spacial score (nSPS) is 21.3. The molecule has 1 aliphatic heterocycles. The van der Waals surface area contributed by atoms with Gasteiger partial charge in [0.25, 0.3) is 5.91 Å². The number of benzene rings is 2. The average molecular weight is 588 g/mol. The van der Waals surface area contributed by atoms with E-state index in [0.717, 1.165) is 26.3 Å². The molecule has 3 rings (SSSR count). The second-order valence-corrected chi connectivity index (χ2v) is 9.22. The van der Waals surface area contributed by atoms with E-state index < -0.39 is 61.2 Å². The van der Waals surface area contributed by atoms with Crippen LogP contribution in [-0.4, -0.2) is 74.2 Å². The summed E-state index contributed by atoms with van der Waals surface area (Å²) >= 11 is 0. The Labute approximate surface area is 242 Å². The zero-order valence-corrected chi connectivity index (χ0v) is 23.8. The van der Waals surface area contributed by atoms with Crippen molar-refractivity contribution in [3.05, 3.63) is 59.7 Å². The zero-order chi connectivity index (χ0) is 30.8. The average Bonchev–Trinajstić information content (AvgIpc) is 2.93. The summed E-state index contributed by atoms with van der Waals surface area (Å²) in [4.78, 5) is 60.3. The summed E-state index contributed by atoms with van der Waals surface area (Å²) in [5, 5.41) is 2.82. The monoisotopic (exact) mass is 587 g/mol. The summed E-state index contributed by atoms with van der Waals surface area (Å²) in [6.07, 6.45) is -6.80. The molecule has 13 nitrogen and oxygen atoms in total. The Hall–Kier alpha value is -4.65. The van der Waals surface area contributed by atoms with Crippen molar-refractivity contribution < 1.29 is 57.1 Å². The van der Waals surface area contributed by atoms with Gasteiger partial charge in [0.15, 0.2) is 23.7 Å². The maximum absolute atomic E-state index is 12.8. The lowest BCUT2D eigenvalue weighted by molar-refractivity contribution is -0.288. The minimum atomic E-state index is -1.46. The molecule has 1 amide bonds. The number of rotatable bonds is 11. The largest absolute Gasteiger partial charge is 0.493 e. The van der Waals surface area contributed by atoms with Crippen LogP contribution in [0.4, 0.5) is 0 Å². The summed E-state index contributed by atoms with van der Waals surface area (Å²) in [6, 6.07) is 13.8. The Kier molecular flexibility index (Phi) is 11.3. The first-order valence-electron chi connectivity index (χ1n) is 13.0. The van der Waals surface area contributed by atoms with E-state index >= 15 is 0 Å². The number of nitrogens with one attached hydrogen (secondary N) is 1. The third-order valence-electron chi connectivity index (χ3n) is 5.91. The highest BCUT2D eigenvalue weighted by molar-refractivity contribution is 5.94. The number of esters is 4. The Balaban J connectivity index is 1.91. The number of hydrogen-bond acceptors (Lipinski definition) is 12. The smallest absolute Gasteiger partial charge is 0.303 e. The second-order valence-electron chi connectivity index (χ2n) is 9.22. The van der Waals surface area contributed by atoms with Crippen molar-refractivity contribution in [1.29, 1.82) is 0 Å². The molecule has 13 heteroatoms. The first kappa shape index (κ1) is 31.9. The molecule has 0 aliphatic carbocycles. The van der Waals surface area contributed by atoms with Crippen LogP contribution in [0.25, 0.3) is 0 Å². The van der Waals surface area contributed by atoms with Gasteiger partial charge < -0.3 is 38.5 Å². The number of carbonyl (C=O) groups is 5. The van der Waals surface area contributed by atoms with Crippen molar-refractivity contribution in [3.8, 4) is 11.5 Å². The SMILES string of the molecule is COc1cc(C(=O)NCc2ccccc2)ccc1O[C@@H]1O[C@@H](COC(C)=O)[C@@H](OC(C)=O)[C@H](OC(C)=O)[C@@H]1OC(C)=O. The summed E-state index contributed by atoms with van der Waals surface area (Å²) in [7, 11) is 1.36. The van der Waals surface area contributed by atoms with Gasteiger partial charge in [-0.1, -0.05) is 30.3 Å². The molecular formula is C29H33NO12. The lowest BCUT2D eigenvalue weighted by Gasteiger charge is -2.44. The molecule has 0 radical (unpaired) electrons. The van der Waals surface area contributed by atoms with Crippen molar-refractivity contribution in [1.82, 2.24) is 5.32 Å². The van der Waals surface area contributed by atoms with Crippen molar-refractivity contribution >= 4 is 29.8 Å². The van der Waals surface area contributed by atoms with Crippen LogP contribution in [0.2, 0.25) is 0 Å². The molecule has 1 heterocycles. The lowest BCUT2D eigenvalue weighted by Crippen LogP contribution is -2.63. The maximum atomic E-state index is 12.8. The van der Waals surface area contributed by atoms with Crippen LogP contribution in [0.1, 0.15) is 43.6 Å². The lowest BCUT2D eigenvalue weighted by atomic mass is 9.98. The van der Waals surface area contributed by atoms with Crippen LogP contribution >= 0.6 is 0 Å². The molecule has 0 aromatic heterocycles. The molecule has 1 aliphatic rings. The van der Waals surface area contributed by atoms with E-state index in [1.807, 2.05) is 30.3 Å². The number of methoxy groups -OCH3 is 1. The van der Waals surface area contributed by atoms with Gasteiger partial charge in [-0.3, -0.25) is 24.0 Å². The topological polar surface area (TPSA) is 162 Å². The number of hydrogen-bond donors (Lipinski definition) is 1. The zero-order valence-electron chi connectivity index (χ0n) is 23.8. The third kappa shape index (κ3) is 8.93. The van der Waals surface area contributed by atoms with Crippen molar-refractivity contribution in [2.45, 2.75) is 64.9 Å². The highest BCUT2D eigenvalue weighted by Crippen LogP contribution is 2.35. The second kappa shape index (κ2) is 14.8. The summed E-state index contributed by atoms with van der Waals surface area (Å²) < 4.78 is 38.7. The van der Waals surface area contributed by atoms with Crippen LogP contribution in [0, 0.1) is 0 Å². The molecule has 0 saturated carbocycles. The number of amides is 1. The molecule has 42 heavy (non-hydrogen) atoms. The van der Waals surface area contributed by atoms with Crippen molar-refractivity contribution in [3.63, 3.8) is 0 Å². The van der Waals surface area contributed by atoms with Gasteiger partial charge >= 0.3 is 23.9 Å². The van der Waals surface area contributed by atoms with E-state index in [4.69, 9.17) is 33.2 Å². The van der Waals surface area contributed by atoms with E-state index in [1.165, 1.54) is 32.2 Å². The first-order valence-corrected chi connectivity index (χ1v) is 13.0. The van der Waals surface area contributed by atoms with Crippen LogP contribution in [0.15, 0.2) is 48.5 Å². The molecule has 2 aromatic rings. The maximum Gasteiger partial charge on any atom is 0.303 e. The molecule has 0 bridgehead atoms. The van der Waals surface area contributed by atoms with Gasteiger partial charge in [-0.15, -0.1) is 0 Å². The molecule has 2 aromatic carbocycles. The Morgan fingerprint density at radius 1 is 0.762 bits per heavy atom. The molecule has 1 N–H and O–H groups in total. The van der Waals surface area contributed by atoms with Gasteiger partial charge in [0.05, 0.1) is 7.11 Å². The quantitative estimate of drug-likeness (QED) is 0.301.